The molecule has 0 fully saturated rings. The first-order valence-corrected chi connectivity index (χ1v) is 6.98. The van der Waals surface area contributed by atoms with Crippen LogP contribution >= 0.6 is 0 Å². The summed E-state index contributed by atoms with van der Waals surface area (Å²) in [5, 5.41) is 12.2. The maximum atomic E-state index is 12.4. The van der Waals surface area contributed by atoms with Gasteiger partial charge in [-0.3, -0.25) is 4.79 Å². The Kier molecular flexibility index (Phi) is 4.73. The van der Waals surface area contributed by atoms with Crippen molar-refractivity contribution in [3.63, 3.8) is 0 Å². The molecule has 3 heteroatoms. The molecule has 1 N–H and O–H groups in total. The summed E-state index contributed by atoms with van der Waals surface area (Å²) in [6.07, 6.45) is 0. The van der Waals surface area contributed by atoms with Crippen molar-refractivity contribution in [3.05, 3.63) is 65.7 Å². The molecule has 0 spiro atoms. The lowest BCUT2D eigenvalue weighted by molar-refractivity contribution is -0.116. The Hall–Kier alpha value is -2.60. The first-order valence-electron chi connectivity index (χ1n) is 6.98. The summed E-state index contributed by atoms with van der Waals surface area (Å²) in [6, 6.07) is 18.9. The second-order valence-electron chi connectivity index (χ2n) is 5.20. The summed E-state index contributed by atoms with van der Waals surface area (Å²) in [5.41, 5.74) is 2.55. The SMILES string of the molecule is CC(C)c1ccccc1NC(=O)C(C#N)c1ccccc1. The van der Waals surface area contributed by atoms with Crippen LogP contribution in [0.3, 0.4) is 0 Å². The van der Waals surface area contributed by atoms with Gasteiger partial charge in [-0.15, -0.1) is 0 Å². The maximum absolute atomic E-state index is 12.4. The molecule has 0 saturated carbocycles. The Morgan fingerprint density at radius 2 is 1.67 bits per heavy atom. The third-order valence-corrected chi connectivity index (χ3v) is 3.36. The highest BCUT2D eigenvalue weighted by atomic mass is 16.1. The fourth-order valence-electron chi connectivity index (χ4n) is 2.25. The highest BCUT2D eigenvalue weighted by Gasteiger charge is 2.21. The number of carbonyl (C=O) groups is 1. The zero-order valence-corrected chi connectivity index (χ0v) is 12.2. The third-order valence-electron chi connectivity index (χ3n) is 3.36. The van der Waals surface area contributed by atoms with Gasteiger partial charge in [-0.05, 0) is 23.1 Å². The summed E-state index contributed by atoms with van der Waals surface area (Å²) >= 11 is 0. The molecule has 1 amide bonds. The monoisotopic (exact) mass is 278 g/mol. The van der Waals surface area contributed by atoms with E-state index in [-0.39, 0.29) is 5.91 Å². The van der Waals surface area contributed by atoms with Gasteiger partial charge < -0.3 is 5.32 Å². The number of hydrogen-bond donors (Lipinski definition) is 1. The molecule has 0 saturated heterocycles. The van der Waals surface area contributed by atoms with Gasteiger partial charge in [0, 0.05) is 5.69 Å². The first-order chi connectivity index (χ1) is 10.1. The molecule has 1 unspecified atom stereocenters. The molecule has 2 aromatic carbocycles. The van der Waals surface area contributed by atoms with Gasteiger partial charge in [0.25, 0.3) is 0 Å². The minimum absolute atomic E-state index is 0.295. The molecule has 0 aromatic heterocycles. The second kappa shape index (κ2) is 6.71. The van der Waals surface area contributed by atoms with Crippen molar-refractivity contribution in [3.8, 4) is 6.07 Å². The second-order valence-corrected chi connectivity index (χ2v) is 5.20. The molecule has 0 bridgehead atoms. The molecule has 1 atom stereocenters. The van der Waals surface area contributed by atoms with E-state index < -0.39 is 5.92 Å². The largest absolute Gasteiger partial charge is 0.324 e. The Bertz CT molecular complexity index is 656. The molecule has 0 aliphatic carbocycles. The van der Waals surface area contributed by atoms with E-state index >= 15 is 0 Å². The lowest BCUT2D eigenvalue weighted by Gasteiger charge is -2.15. The highest BCUT2D eigenvalue weighted by molar-refractivity contribution is 5.98. The van der Waals surface area contributed by atoms with E-state index in [1.54, 1.807) is 12.1 Å². The molecule has 0 aliphatic heterocycles. The predicted octanol–water partition coefficient (Wildman–Crippen LogP) is 4.06. The van der Waals surface area contributed by atoms with Crippen molar-refractivity contribution in [2.45, 2.75) is 25.7 Å². The van der Waals surface area contributed by atoms with Gasteiger partial charge in [-0.2, -0.15) is 5.26 Å². The minimum Gasteiger partial charge on any atom is -0.324 e. The van der Waals surface area contributed by atoms with Crippen LogP contribution in [0.15, 0.2) is 54.6 Å². The molecule has 0 radical (unpaired) electrons. The number of nitrogens with zero attached hydrogens (tertiary/aromatic N) is 1. The minimum atomic E-state index is -0.800. The van der Waals surface area contributed by atoms with Crippen LogP contribution in [0, 0.1) is 11.3 Å². The molecule has 0 aliphatic rings. The number of nitrogens with one attached hydrogen (secondary N) is 1. The summed E-state index contributed by atoms with van der Waals surface area (Å²) < 4.78 is 0. The van der Waals surface area contributed by atoms with Crippen LogP contribution < -0.4 is 5.32 Å². The Morgan fingerprint density at radius 1 is 1.05 bits per heavy atom. The number of benzene rings is 2. The molecule has 2 aromatic rings. The third kappa shape index (κ3) is 3.49. The fourth-order valence-corrected chi connectivity index (χ4v) is 2.25. The summed E-state index contributed by atoms with van der Waals surface area (Å²) in [7, 11) is 0. The van der Waals surface area contributed by atoms with E-state index in [9.17, 15) is 10.1 Å². The van der Waals surface area contributed by atoms with E-state index in [0.717, 1.165) is 11.3 Å². The van der Waals surface area contributed by atoms with E-state index in [1.807, 2.05) is 42.5 Å². The maximum Gasteiger partial charge on any atom is 0.246 e. The van der Waals surface area contributed by atoms with Crippen LogP contribution in [-0.2, 0) is 4.79 Å². The summed E-state index contributed by atoms with van der Waals surface area (Å²) in [4.78, 5) is 12.4. The van der Waals surface area contributed by atoms with Gasteiger partial charge in [0.05, 0.1) is 6.07 Å². The number of anilines is 1. The number of para-hydroxylation sites is 1. The standard InChI is InChI=1S/C18H18N2O/c1-13(2)15-10-6-7-11-17(15)20-18(21)16(12-19)14-8-4-3-5-9-14/h3-11,13,16H,1-2H3,(H,20,21). The number of nitriles is 1. The quantitative estimate of drug-likeness (QED) is 0.917. The van der Waals surface area contributed by atoms with Crippen molar-refractivity contribution in [2.75, 3.05) is 5.32 Å². The van der Waals surface area contributed by atoms with Crippen LogP contribution in [0.5, 0.6) is 0 Å². The van der Waals surface area contributed by atoms with Gasteiger partial charge in [-0.25, -0.2) is 0 Å². The zero-order chi connectivity index (χ0) is 15.2. The lowest BCUT2D eigenvalue weighted by Crippen LogP contribution is -2.20. The molecule has 3 nitrogen and oxygen atoms in total. The van der Waals surface area contributed by atoms with Crippen molar-refractivity contribution in [1.29, 1.82) is 5.26 Å². The van der Waals surface area contributed by atoms with Crippen molar-refractivity contribution in [1.82, 2.24) is 0 Å². The molecule has 106 valence electrons. The van der Waals surface area contributed by atoms with Gasteiger partial charge in [-0.1, -0.05) is 62.4 Å². The first kappa shape index (κ1) is 14.8. The van der Waals surface area contributed by atoms with Crippen molar-refractivity contribution >= 4 is 11.6 Å². The van der Waals surface area contributed by atoms with Crippen LogP contribution in [0.1, 0.15) is 36.8 Å². The van der Waals surface area contributed by atoms with Crippen molar-refractivity contribution < 1.29 is 4.79 Å². The molecule has 2 rings (SSSR count). The zero-order valence-electron chi connectivity index (χ0n) is 12.2. The number of carbonyl (C=O) groups excluding carboxylic acids is 1. The number of hydrogen-bond acceptors (Lipinski definition) is 2. The van der Waals surface area contributed by atoms with Gasteiger partial charge in [0.15, 0.2) is 5.92 Å². The van der Waals surface area contributed by atoms with Gasteiger partial charge >= 0.3 is 0 Å². The molecular weight excluding hydrogens is 260 g/mol. The van der Waals surface area contributed by atoms with Crippen LogP contribution in [0.4, 0.5) is 5.69 Å². The van der Waals surface area contributed by atoms with E-state index in [2.05, 4.69) is 25.2 Å². The van der Waals surface area contributed by atoms with E-state index in [1.165, 1.54) is 0 Å². The molecule has 0 heterocycles. The smallest absolute Gasteiger partial charge is 0.246 e. The van der Waals surface area contributed by atoms with E-state index in [4.69, 9.17) is 0 Å². The topological polar surface area (TPSA) is 52.9 Å². The van der Waals surface area contributed by atoms with Gasteiger partial charge in [0.2, 0.25) is 5.91 Å². The highest BCUT2D eigenvalue weighted by Crippen LogP contribution is 2.25. The van der Waals surface area contributed by atoms with Crippen LogP contribution in [0.2, 0.25) is 0 Å². The fraction of sp³-hybridized carbons (Fsp3) is 0.222. The Labute approximate surface area is 125 Å². The predicted molar refractivity (Wildman–Crippen MR) is 84.0 cm³/mol. The normalized spacial score (nSPS) is 11.7. The van der Waals surface area contributed by atoms with Gasteiger partial charge in [0.1, 0.15) is 0 Å². The van der Waals surface area contributed by atoms with Crippen LogP contribution in [0.25, 0.3) is 0 Å². The average molecular weight is 278 g/mol. The van der Waals surface area contributed by atoms with E-state index in [0.29, 0.717) is 11.5 Å². The molecule has 21 heavy (non-hydrogen) atoms. The Morgan fingerprint density at radius 3 is 2.29 bits per heavy atom. The summed E-state index contributed by atoms with van der Waals surface area (Å²) in [5.74, 6) is -0.790. The Balaban J connectivity index is 2.24. The van der Waals surface area contributed by atoms with Crippen LogP contribution in [-0.4, -0.2) is 5.91 Å². The summed E-state index contributed by atoms with van der Waals surface area (Å²) in [6.45, 7) is 4.15. The van der Waals surface area contributed by atoms with Crippen molar-refractivity contribution in [2.24, 2.45) is 0 Å². The lowest BCUT2D eigenvalue weighted by atomic mass is 9.98. The number of amides is 1. The number of rotatable bonds is 4. The average Bonchev–Trinajstić information content (AvgIpc) is 2.49. The molecular formula is C18H18N2O.